The van der Waals surface area contributed by atoms with E-state index < -0.39 is 12.6 Å². The molecule has 0 spiro atoms. The highest BCUT2D eigenvalue weighted by Gasteiger charge is 2.32. The number of ether oxygens (including phenoxy) is 2. The van der Waals surface area contributed by atoms with Crippen LogP contribution in [0.4, 0.5) is 0 Å². The Morgan fingerprint density at radius 1 is 0.576 bits per heavy atom. The molecule has 2 rings (SSSR count). The zero-order valence-electron chi connectivity index (χ0n) is 22.7. The van der Waals surface area contributed by atoms with Gasteiger partial charge in [-0.25, -0.2) is 0 Å². The molecule has 0 saturated heterocycles. The standard InChI is InChI=1S/C29H44O4/c1-17-13-25(32-19(3)30)23(27(5,6)7)15-21(17)29(11,12)22-16-24(28(8,9)10)26(14-18(22)2)33-20(4)31/h13-16,19-20,30-31H,1-12H3. The molecule has 0 radical (unpaired) electrons. The molecule has 2 aromatic carbocycles. The van der Waals surface area contributed by atoms with Gasteiger partial charge in [0.05, 0.1) is 0 Å². The highest BCUT2D eigenvalue weighted by atomic mass is 16.6. The summed E-state index contributed by atoms with van der Waals surface area (Å²) >= 11 is 0. The molecular formula is C29H44O4. The van der Waals surface area contributed by atoms with E-state index in [-0.39, 0.29) is 16.2 Å². The maximum atomic E-state index is 9.87. The number of hydrogen-bond donors (Lipinski definition) is 2. The van der Waals surface area contributed by atoms with Crippen molar-refractivity contribution in [2.45, 2.75) is 112 Å². The van der Waals surface area contributed by atoms with E-state index in [0.717, 1.165) is 33.8 Å². The topological polar surface area (TPSA) is 58.9 Å². The van der Waals surface area contributed by atoms with Crippen LogP contribution >= 0.6 is 0 Å². The van der Waals surface area contributed by atoms with Gasteiger partial charge < -0.3 is 19.7 Å². The summed E-state index contributed by atoms with van der Waals surface area (Å²) in [5.41, 5.74) is 6.22. The van der Waals surface area contributed by atoms with Gasteiger partial charge in [-0.2, -0.15) is 0 Å². The van der Waals surface area contributed by atoms with E-state index in [4.69, 9.17) is 9.47 Å². The highest BCUT2D eigenvalue weighted by molar-refractivity contribution is 5.55. The van der Waals surface area contributed by atoms with Gasteiger partial charge in [-0.05, 0) is 84.0 Å². The molecule has 0 aliphatic rings. The lowest BCUT2D eigenvalue weighted by atomic mass is 9.71. The van der Waals surface area contributed by atoms with Crippen LogP contribution in [0.5, 0.6) is 11.5 Å². The van der Waals surface area contributed by atoms with Crippen molar-refractivity contribution in [2.24, 2.45) is 0 Å². The molecule has 4 nitrogen and oxygen atoms in total. The van der Waals surface area contributed by atoms with E-state index in [1.54, 1.807) is 13.8 Å². The van der Waals surface area contributed by atoms with E-state index >= 15 is 0 Å². The van der Waals surface area contributed by atoms with Gasteiger partial charge in [0.1, 0.15) is 11.5 Å². The van der Waals surface area contributed by atoms with Crippen LogP contribution in [-0.4, -0.2) is 22.8 Å². The van der Waals surface area contributed by atoms with Gasteiger partial charge >= 0.3 is 0 Å². The minimum Gasteiger partial charge on any atom is -0.465 e. The zero-order valence-corrected chi connectivity index (χ0v) is 22.7. The van der Waals surface area contributed by atoms with Crippen molar-refractivity contribution in [1.82, 2.24) is 0 Å². The smallest absolute Gasteiger partial charge is 0.194 e. The Morgan fingerprint density at radius 2 is 0.879 bits per heavy atom. The quantitative estimate of drug-likeness (QED) is 0.477. The lowest BCUT2D eigenvalue weighted by molar-refractivity contribution is -0.00217. The van der Waals surface area contributed by atoms with Crippen molar-refractivity contribution in [2.75, 3.05) is 0 Å². The first kappa shape index (κ1) is 27.2. The van der Waals surface area contributed by atoms with E-state index in [0.29, 0.717) is 0 Å². The SMILES string of the molecule is Cc1cc(OC(C)O)c(C(C)(C)C)cc1C(C)(C)c1cc(C(C)(C)C)c(OC(C)O)cc1C. The van der Waals surface area contributed by atoms with E-state index in [9.17, 15) is 10.2 Å². The molecule has 0 bridgehead atoms. The third-order valence-corrected chi connectivity index (χ3v) is 6.21. The van der Waals surface area contributed by atoms with E-state index in [2.05, 4.69) is 93.5 Å². The molecular weight excluding hydrogens is 412 g/mol. The fraction of sp³-hybridized carbons (Fsp3) is 0.586. The Hall–Kier alpha value is -2.04. The molecule has 0 heterocycles. The summed E-state index contributed by atoms with van der Waals surface area (Å²) in [7, 11) is 0. The molecule has 0 aromatic heterocycles. The number of aliphatic hydroxyl groups excluding tert-OH is 2. The van der Waals surface area contributed by atoms with Crippen LogP contribution in [-0.2, 0) is 16.2 Å². The molecule has 2 aromatic rings. The Morgan fingerprint density at radius 3 is 1.12 bits per heavy atom. The molecule has 0 amide bonds. The normalized spacial score (nSPS) is 14.7. The van der Waals surface area contributed by atoms with Gasteiger partial charge in [-0.1, -0.05) is 67.5 Å². The number of rotatable bonds is 6. The lowest BCUT2D eigenvalue weighted by Gasteiger charge is -2.35. The first-order chi connectivity index (χ1) is 14.9. The zero-order chi connectivity index (χ0) is 25.5. The Kier molecular flexibility index (Phi) is 7.67. The molecule has 184 valence electrons. The predicted octanol–water partition coefficient (Wildman–Crippen LogP) is 6.66. The summed E-state index contributed by atoms with van der Waals surface area (Å²) in [5, 5.41) is 19.7. The van der Waals surface area contributed by atoms with Gasteiger partial charge in [0.25, 0.3) is 0 Å². The number of aliphatic hydroxyl groups is 2. The second kappa shape index (κ2) is 9.31. The number of hydrogen-bond acceptors (Lipinski definition) is 4. The van der Waals surface area contributed by atoms with E-state index in [1.807, 2.05) is 0 Å². The van der Waals surface area contributed by atoms with Crippen LogP contribution in [0.25, 0.3) is 0 Å². The summed E-state index contributed by atoms with van der Waals surface area (Å²) in [6.07, 6.45) is -1.75. The molecule has 4 heteroatoms. The second-order valence-corrected chi connectivity index (χ2v) is 11.9. The summed E-state index contributed by atoms with van der Waals surface area (Å²) in [4.78, 5) is 0. The Balaban J connectivity index is 2.78. The molecule has 0 aliphatic carbocycles. The number of benzene rings is 2. The number of aryl methyl sites for hydroxylation is 2. The second-order valence-electron chi connectivity index (χ2n) is 11.9. The maximum absolute atomic E-state index is 9.87. The van der Waals surface area contributed by atoms with Crippen molar-refractivity contribution in [3.05, 3.63) is 57.6 Å². The predicted molar refractivity (Wildman–Crippen MR) is 137 cm³/mol. The molecule has 33 heavy (non-hydrogen) atoms. The van der Waals surface area contributed by atoms with Gasteiger partial charge in [0.2, 0.25) is 0 Å². The Labute approximate surface area is 201 Å². The van der Waals surface area contributed by atoms with Gasteiger partial charge in [-0.15, -0.1) is 0 Å². The average Bonchev–Trinajstić information content (AvgIpc) is 2.57. The summed E-state index contributed by atoms with van der Waals surface area (Å²) < 4.78 is 11.6. The summed E-state index contributed by atoms with van der Waals surface area (Å²) in [5.74, 6) is 1.45. The van der Waals surface area contributed by atoms with Crippen molar-refractivity contribution < 1.29 is 19.7 Å². The highest BCUT2D eigenvalue weighted by Crippen LogP contribution is 2.44. The summed E-state index contributed by atoms with van der Waals surface area (Å²) in [6.45, 7) is 24.9. The van der Waals surface area contributed by atoms with Crippen molar-refractivity contribution in [1.29, 1.82) is 0 Å². The third kappa shape index (κ3) is 6.10. The fourth-order valence-corrected chi connectivity index (χ4v) is 4.59. The largest absolute Gasteiger partial charge is 0.465 e. The average molecular weight is 457 g/mol. The van der Waals surface area contributed by atoms with Crippen LogP contribution in [0.3, 0.4) is 0 Å². The molecule has 2 atom stereocenters. The maximum Gasteiger partial charge on any atom is 0.194 e. The van der Waals surface area contributed by atoms with Gasteiger partial charge in [0, 0.05) is 5.41 Å². The Bertz CT molecular complexity index is 907. The fourth-order valence-electron chi connectivity index (χ4n) is 4.59. The van der Waals surface area contributed by atoms with Crippen LogP contribution in [0, 0.1) is 13.8 Å². The molecule has 0 saturated carbocycles. The van der Waals surface area contributed by atoms with Crippen LogP contribution in [0.2, 0.25) is 0 Å². The third-order valence-electron chi connectivity index (χ3n) is 6.21. The van der Waals surface area contributed by atoms with Crippen molar-refractivity contribution in [3.63, 3.8) is 0 Å². The van der Waals surface area contributed by atoms with E-state index in [1.165, 1.54) is 11.1 Å². The molecule has 2 N–H and O–H groups in total. The van der Waals surface area contributed by atoms with Crippen LogP contribution in [0.1, 0.15) is 103 Å². The molecule has 0 fully saturated rings. The first-order valence-corrected chi connectivity index (χ1v) is 11.9. The lowest BCUT2D eigenvalue weighted by Crippen LogP contribution is -2.26. The first-order valence-electron chi connectivity index (χ1n) is 11.9. The van der Waals surface area contributed by atoms with Gasteiger partial charge in [-0.3, -0.25) is 0 Å². The van der Waals surface area contributed by atoms with Crippen LogP contribution in [0.15, 0.2) is 24.3 Å². The van der Waals surface area contributed by atoms with Gasteiger partial charge in [0.15, 0.2) is 12.6 Å². The minimum atomic E-state index is -0.873. The molecule has 2 unspecified atom stereocenters. The monoisotopic (exact) mass is 456 g/mol. The minimum absolute atomic E-state index is 0.149. The molecule has 0 aliphatic heterocycles. The van der Waals surface area contributed by atoms with Crippen LogP contribution < -0.4 is 9.47 Å². The van der Waals surface area contributed by atoms with Crippen molar-refractivity contribution in [3.8, 4) is 11.5 Å². The van der Waals surface area contributed by atoms with Crippen molar-refractivity contribution >= 4 is 0 Å². The summed E-state index contributed by atoms with van der Waals surface area (Å²) in [6, 6.07) is 8.58.